The minimum absolute atomic E-state index is 0.271. The number of nitrogens with zero attached hydrogens (tertiary/aromatic N) is 2. The molecule has 0 aliphatic rings. The maximum atomic E-state index is 10.9. The number of carboxylic acids is 1. The van der Waals surface area contributed by atoms with Crippen LogP contribution in [0.4, 0.5) is 0 Å². The molecule has 21 heavy (non-hydrogen) atoms. The Hall–Kier alpha value is -2.12. The molecule has 0 atom stereocenters. The van der Waals surface area contributed by atoms with Gasteiger partial charge >= 0.3 is 5.97 Å². The van der Waals surface area contributed by atoms with Gasteiger partial charge in [-0.15, -0.1) is 23.1 Å². The van der Waals surface area contributed by atoms with Gasteiger partial charge in [0.25, 0.3) is 5.89 Å². The summed E-state index contributed by atoms with van der Waals surface area (Å²) in [6, 6.07) is 10.6. The second-order valence-electron chi connectivity index (χ2n) is 4.11. The zero-order chi connectivity index (χ0) is 14.7. The van der Waals surface area contributed by atoms with Crippen LogP contribution in [0.25, 0.3) is 10.8 Å². The van der Waals surface area contributed by atoms with Gasteiger partial charge in [-0.25, -0.2) is 4.79 Å². The van der Waals surface area contributed by atoms with Crippen molar-refractivity contribution in [1.29, 1.82) is 0 Å². The smallest absolute Gasteiger partial charge is 0.335 e. The first-order valence-corrected chi connectivity index (χ1v) is 7.91. The summed E-state index contributed by atoms with van der Waals surface area (Å²) >= 11 is 3.01. The highest BCUT2D eigenvalue weighted by atomic mass is 32.2. The number of hydrogen-bond donors (Lipinski definition) is 1. The molecule has 3 aromatic rings. The maximum absolute atomic E-state index is 10.9. The van der Waals surface area contributed by atoms with Gasteiger partial charge in [-0.3, -0.25) is 0 Å². The van der Waals surface area contributed by atoms with E-state index in [0.29, 0.717) is 17.5 Å². The SMILES string of the molecule is O=C(O)c1cccc(SCc2noc(-c3cccs3)n2)c1. The Balaban J connectivity index is 1.68. The number of rotatable bonds is 5. The van der Waals surface area contributed by atoms with Crippen molar-refractivity contribution in [2.24, 2.45) is 0 Å². The molecule has 0 radical (unpaired) electrons. The van der Waals surface area contributed by atoms with Crippen LogP contribution in [0.3, 0.4) is 0 Å². The van der Waals surface area contributed by atoms with E-state index >= 15 is 0 Å². The van der Waals surface area contributed by atoms with Crippen molar-refractivity contribution >= 4 is 29.1 Å². The molecule has 0 amide bonds. The van der Waals surface area contributed by atoms with Crippen molar-refractivity contribution in [3.63, 3.8) is 0 Å². The number of thioether (sulfide) groups is 1. The minimum Gasteiger partial charge on any atom is -0.478 e. The van der Waals surface area contributed by atoms with Crippen LogP contribution in [0.1, 0.15) is 16.2 Å². The monoisotopic (exact) mass is 318 g/mol. The highest BCUT2D eigenvalue weighted by molar-refractivity contribution is 7.98. The van der Waals surface area contributed by atoms with Crippen LogP contribution in [-0.4, -0.2) is 21.2 Å². The molecule has 7 heteroatoms. The van der Waals surface area contributed by atoms with E-state index < -0.39 is 5.97 Å². The van der Waals surface area contributed by atoms with E-state index in [9.17, 15) is 4.79 Å². The van der Waals surface area contributed by atoms with Crippen molar-refractivity contribution in [1.82, 2.24) is 10.1 Å². The number of carboxylic acid groups (broad SMARTS) is 1. The first-order chi connectivity index (χ1) is 10.2. The molecule has 0 spiro atoms. The molecule has 1 N–H and O–H groups in total. The summed E-state index contributed by atoms with van der Waals surface area (Å²) in [5, 5.41) is 14.8. The molecule has 0 saturated heterocycles. The van der Waals surface area contributed by atoms with Gasteiger partial charge in [-0.2, -0.15) is 4.98 Å². The van der Waals surface area contributed by atoms with Gasteiger partial charge < -0.3 is 9.63 Å². The lowest BCUT2D eigenvalue weighted by Gasteiger charge is -2.00. The highest BCUT2D eigenvalue weighted by Crippen LogP contribution is 2.26. The molecular formula is C14H10N2O3S2. The van der Waals surface area contributed by atoms with Crippen molar-refractivity contribution in [3.8, 4) is 10.8 Å². The Morgan fingerprint density at radius 1 is 1.33 bits per heavy atom. The van der Waals surface area contributed by atoms with Crippen LogP contribution in [0, 0.1) is 0 Å². The second-order valence-corrected chi connectivity index (χ2v) is 6.11. The number of carbonyl (C=O) groups is 1. The summed E-state index contributed by atoms with van der Waals surface area (Å²) in [6.07, 6.45) is 0. The molecule has 5 nitrogen and oxygen atoms in total. The van der Waals surface area contributed by atoms with Crippen molar-refractivity contribution in [3.05, 3.63) is 53.2 Å². The first kappa shape index (κ1) is 13.8. The van der Waals surface area contributed by atoms with Gasteiger partial charge in [0, 0.05) is 4.90 Å². The van der Waals surface area contributed by atoms with E-state index in [1.54, 1.807) is 29.5 Å². The number of aromatic nitrogens is 2. The number of hydrogen-bond acceptors (Lipinski definition) is 6. The fourth-order valence-electron chi connectivity index (χ4n) is 1.68. The minimum atomic E-state index is -0.933. The zero-order valence-electron chi connectivity index (χ0n) is 10.7. The summed E-state index contributed by atoms with van der Waals surface area (Å²) in [6.45, 7) is 0. The zero-order valence-corrected chi connectivity index (χ0v) is 12.4. The summed E-state index contributed by atoms with van der Waals surface area (Å²) in [7, 11) is 0. The molecule has 0 bridgehead atoms. The third-order valence-corrected chi connectivity index (χ3v) is 4.50. The van der Waals surface area contributed by atoms with E-state index in [4.69, 9.17) is 9.63 Å². The predicted octanol–water partition coefficient (Wildman–Crippen LogP) is 3.79. The average Bonchev–Trinajstić information content (AvgIpc) is 3.16. The molecule has 1 aromatic carbocycles. The quantitative estimate of drug-likeness (QED) is 0.721. The summed E-state index contributed by atoms with van der Waals surface area (Å²) in [5.41, 5.74) is 0.271. The Bertz CT molecular complexity index is 753. The van der Waals surface area contributed by atoms with Gasteiger partial charge in [0.15, 0.2) is 5.82 Å². The topological polar surface area (TPSA) is 76.2 Å². The van der Waals surface area contributed by atoms with E-state index in [0.717, 1.165) is 9.77 Å². The second kappa shape index (κ2) is 6.11. The molecule has 2 heterocycles. The first-order valence-electron chi connectivity index (χ1n) is 6.05. The largest absolute Gasteiger partial charge is 0.478 e. The summed E-state index contributed by atoms with van der Waals surface area (Å²) < 4.78 is 5.20. The van der Waals surface area contributed by atoms with Crippen LogP contribution in [0.2, 0.25) is 0 Å². The molecule has 0 aliphatic carbocycles. The lowest BCUT2D eigenvalue weighted by atomic mass is 10.2. The van der Waals surface area contributed by atoms with E-state index in [2.05, 4.69) is 10.1 Å². The normalized spacial score (nSPS) is 10.7. The molecule has 0 saturated carbocycles. The lowest BCUT2D eigenvalue weighted by molar-refractivity contribution is 0.0696. The Morgan fingerprint density at radius 3 is 3.00 bits per heavy atom. The van der Waals surface area contributed by atoms with E-state index in [-0.39, 0.29) is 5.56 Å². The van der Waals surface area contributed by atoms with Gasteiger partial charge in [-0.05, 0) is 29.6 Å². The molecule has 0 aliphatic heterocycles. The lowest BCUT2D eigenvalue weighted by Crippen LogP contribution is -1.95. The van der Waals surface area contributed by atoms with Gasteiger partial charge in [0.05, 0.1) is 16.2 Å². The molecule has 3 rings (SSSR count). The van der Waals surface area contributed by atoms with Crippen LogP contribution < -0.4 is 0 Å². The van der Waals surface area contributed by atoms with Gasteiger partial charge in [0.2, 0.25) is 0 Å². The van der Waals surface area contributed by atoms with Crippen LogP contribution in [0.15, 0.2) is 51.2 Å². The number of thiophene rings is 1. The standard InChI is InChI=1S/C14H10N2O3S2/c17-14(18)9-3-1-4-10(7-9)21-8-12-15-13(19-16-12)11-5-2-6-20-11/h1-7H,8H2,(H,17,18). The highest BCUT2D eigenvalue weighted by Gasteiger charge is 2.10. The number of aromatic carboxylic acids is 1. The van der Waals surface area contributed by atoms with E-state index in [1.807, 2.05) is 23.6 Å². The maximum Gasteiger partial charge on any atom is 0.335 e. The van der Waals surface area contributed by atoms with E-state index in [1.165, 1.54) is 11.8 Å². The fourth-order valence-corrected chi connectivity index (χ4v) is 3.12. The van der Waals surface area contributed by atoms with Crippen LogP contribution in [-0.2, 0) is 5.75 Å². The van der Waals surface area contributed by atoms with Crippen LogP contribution >= 0.6 is 23.1 Å². The van der Waals surface area contributed by atoms with Crippen LogP contribution in [0.5, 0.6) is 0 Å². The molecule has 0 fully saturated rings. The van der Waals surface area contributed by atoms with Crippen molar-refractivity contribution in [2.45, 2.75) is 10.6 Å². The fraction of sp³-hybridized carbons (Fsp3) is 0.0714. The van der Waals surface area contributed by atoms with Crippen molar-refractivity contribution < 1.29 is 14.4 Å². The predicted molar refractivity (Wildman–Crippen MR) is 80.6 cm³/mol. The van der Waals surface area contributed by atoms with Gasteiger partial charge in [-0.1, -0.05) is 17.3 Å². The number of benzene rings is 1. The third kappa shape index (κ3) is 3.32. The van der Waals surface area contributed by atoms with Gasteiger partial charge in [0.1, 0.15) is 0 Å². The Kier molecular flexibility index (Phi) is 4.03. The summed E-state index contributed by atoms with van der Waals surface area (Å²) in [5.74, 6) is 0.693. The Morgan fingerprint density at radius 2 is 2.24 bits per heavy atom. The molecular weight excluding hydrogens is 308 g/mol. The third-order valence-electron chi connectivity index (χ3n) is 2.65. The summed E-state index contributed by atoms with van der Waals surface area (Å²) in [4.78, 5) is 17.0. The molecule has 2 aromatic heterocycles. The van der Waals surface area contributed by atoms with Crippen molar-refractivity contribution in [2.75, 3.05) is 0 Å². The Labute approximate surface area is 128 Å². The average molecular weight is 318 g/mol. The molecule has 106 valence electrons. The molecule has 0 unspecified atom stereocenters.